The molecule has 0 bridgehead atoms. The zero-order valence-electron chi connectivity index (χ0n) is 8.03. The number of hydrogen-bond acceptors (Lipinski definition) is 3. The van der Waals surface area contributed by atoms with Gasteiger partial charge in [-0.3, -0.25) is 4.79 Å². The molecule has 0 saturated heterocycles. The van der Waals surface area contributed by atoms with E-state index >= 15 is 0 Å². The van der Waals surface area contributed by atoms with E-state index < -0.39 is 0 Å². The highest BCUT2D eigenvalue weighted by Gasteiger charge is 2.01. The van der Waals surface area contributed by atoms with Gasteiger partial charge in [-0.15, -0.1) is 0 Å². The Balaban J connectivity index is 2.86. The number of carbonyl (C=O) groups is 1. The lowest BCUT2D eigenvalue weighted by molar-refractivity contribution is -0.109. The first-order valence-corrected chi connectivity index (χ1v) is 4.55. The van der Waals surface area contributed by atoms with E-state index in [4.69, 9.17) is 4.74 Å². The van der Waals surface area contributed by atoms with Crippen LogP contribution < -0.4 is 10.1 Å². The molecule has 3 nitrogen and oxygen atoms in total. The van der Waals surface area contributed by atoms with Crippen molar-refractivity contribution in [3.8, 4) is 5.75 Å². The molecule has 0 fully saturated rings. The lowest BCUT2D eigenvalue weighted by Gasteiger charge is -2.07. The van der Waals surface area contributed by atoms with Gasteiger partial charge in [0.25, 0.3) is 5.91 Å². The molecule has 0 unspecified atom stereocenters. The second-order valence-electron chi connectivity index (χ2n) is 2.79. The maximum Gasteiger partial charge on any atom is 0.259 e. The second-order valence-corrected chi connectivity index (χ2v) is 3.03. The molecule has 1 N–H and O–H groups in total. The number of benzene rings is 1. The lowest BCUT2D eigenvalue weighted by atomic mass is 10.2. The molecule has 1 aromatic carbocycles. The van der Waals surface area contributed by atoms with Crippen LogP contribution in [-0.4, -0.2) is 18.4 Å². The number of ether oxygens (including phenoxy) is 1. The Hall–Kier alpha value is -1.42. The van der Waals surface area contributed by atoms with Gasteiger partial charge in [-0.05, 0) is 30.7 Å². The number of nitrogens with one attached hydrogen (secondary N) is 1. The van der Waals surface area contributed by atoms with Gasteiger partial charge in [0.2, 0.25) is 0 Å². The predicted molar refractivity (Wildman–Crippen MR) is 60.0 cm³/mol. The molecule has 0 atom stereocenters. The molecule has 1 rings (SSSR count). The van der Waals surface area contributed by atoms with E-state index in [1.54, 1.807) is 19.2 Å². The van der Waals surface area contributed by atoms with Crippen molar-refractivity contribution in [2.75, 3.05) is 12.4 Å². The number of hydrogen-bond donors (Lipinski definition) is 1. The second kappa shape index (κ2) is 4.72. The van der Waals surface area contributed by atoms with Crippen LogP contribution in [0.4, 0.5) is 5.69 Å². The van der Waals surface area contributed by atoms with E-state index in [0.29, 0.717) is 0 Å². The van der Waals surface area contributed by atoms with Crippen LogP contribution in [-0.2, 0) is 4.79 Å². The Morgan fingerprint density at radius 3 is 2.79 bits per heavy atom. The number of thiocarbonyl (C=S) groups is 1. The van der Waals surface area contributed by atoms with Crippen LogP contribution in [0.3, 0.4) is 0 Å². The smallest absolute Gasteiger partial charge is 0.259 e. The summed E-state index contributed by atoms with van der Waals surface area (Å²) in [6, 6.07) is 5.40. The summed E-state index contributed by atoms with van der Waals surface area (Å²) in [4.78, 5) is 10.9. The number of amides is 1. The van der Waals surface area contributed by atoms with Crippen molar-refractivity contribution < 1.29 is 9.53 Å². The molecule has 74 valence electrons. The van der Waals surface area contributed by atoms with Crippen molar-refractivity contribution in [3.63, 3.8) is 0 Å². The highest BCUT2D eigenvalue weighted by atomic mass is 32.1. The molecular weight excluding hydrogens is 198 g/mol. The molecule has 14 heavy (non-hydrogen) atoms. The largest absolute Gasteiger partial charge is 0.496 e. The van der Waals surface area contributed by atoms with Crippen molar-refractivity contribution in [2.24, 2.45) is 0 Å². The highest BCUT2D eigenvalue weighted by molar-refractivity contribution is 7.80. The Morgan fingerprint density at radius 2 is 2.29 bits per heavy atom. The van der Waals surface area contributed by atoms with Crippen LogP contribution >= 0.6 is 12.2 Å². The zero-order valence-corrected chi connectivity index (χ0v) is 8.85. The van der Waals surface area contributed by atoms with Gasteiger partial charge >= 0.3 is 0 Å². The van der Waals surface area contributed by atoms with Crippen LogP contribution in [0.15, 0.2) is 18.2 Å². The van der Waals surface area contributed by atoms with Gasteiger partial charge in [0.05, 0.1) is 12.5 Å². The van der Waals surface area contributed by atoms with Crippen molar-refractivity contribution in [3.05, 3.63) is 23.8 Å². The summed E-state index contributed by atoms with van der Waals surface area (Å²) >= 11 is 4.49. The van der Waals surface area contributed by atoms with Gasteiger partial charge in [0.1, 0.15) is 5.75 Å². The van der Waals surface area contributed by atoms with Crippen molar-refractivity contribution in [1.29, 1.82) is 0 Å². The highest BCUT2D eigenvalue weighted by Crippen LogP contribution is 2.21. The SMILES string of the molecule is COc1ccc(NC(=O)C=S)cc1C. The minimum Gasteiger partial charge on any atom is -0.496 e. The number of carbonyl (C=O) groups excluding carboxylic acids is 1. The normalized spacial score (nSPS) is 9.29. The third kappa shape index (κ3) is 2.53. The van der Waals surface area contributed by atoms with Gasteiger partial charge in [-0.2, -0.15) is 0 Å². The number of rotatable bonds is 3. The molecule has 4 heteroatoms. The monoisotopic (exact) mass is 209 g/mol. The quantitative estimate of drug-likeness (QED) is 0.773. The fourth-order valence-corrected chi connectivity index (χ4v) is 1.19. The summed E-state index contributed by atoms with van der Waals surface area (Å²) in [5.74, 6) is 0.509. The van der Waals surface area contributed by atoms with E-state index in [1.807, 2.05) is 13.0 Å². The molecule has 1 amide bonds. The molecule has 0 aliphatic rings. The van der Waals surface area contributed by atoms with E-state index in [0.717, 1.165) is 22.4 Å². The first-order chi connectivity index (χ1) is 6.67. The Bertz CT molecular complexity index is 363. The zero-order chi connectivity index (χ0) is 10.6. The van der Waals surface area contributed by atoms with E-state index in [1.165, 1.54) is 0 Å². The molecule has 0 aliphatic carbocycles. The third-order valence-electron chi connectivity index (χ3n) is 1.77. The van der Waals surface area contributed by atoms with E-state index in [9.17, 15) is 4.79 Å². The molecule has 1 aromatic rings. The minimum atomic E-state index is -0.287. The van der Waals surface area contributed by atoms with Crippen LogP contribution in [0.2, 0.25) is 0 Å². The van der Waals surface area contributed by atoms with Crippen LogP contribution in [0, 0.1) is 6.92 Å². The van der Waals surface area contributed by atoms with Crippen LogP contribution in [0.25, 0.3) is 0 Å². The van der Waals surface area contributed by atoms with Crippen molar-refractivity contribution >= 4 is 29.2 Å². The number of aryl methyl sites for hydroxylation is 1. The van der Waals surface area contributed by atoms with Crippen LogP contribution in [0.5, 0.6) is 5.75 Å². The van der Waals surface area contributed by atoms with E-state index in [-0.39, 0.29) is 5.91 Å². The first-order valence-electron chi connectivity index (χ1n) is 4.08. The lowest BCUT2D eigenvalue weighted by Crippen LogP contribution is -2.11. The topological polar surface area (TPSA) is 38.3 Å². The summed E-state index contributed by atoms with van der Waals surface area (Å²) < 4.78 is 5.09. The fourth-order valence-electron chi connectivity index (χ4n) is 1.13. The average Bonchev–Trinajstić information content (AvgIpc) is 2.18. The maximum atomic E-state index is 10.9. The summed E-state index contributed by atoms with van der Waals surface area (Å²) in [5.41, 5.74) is 1.68. The van der Waals surface area contributed by atoms with Crippen molar-refractivity contribution in [2.45, 2.75) is 6.92 Å². The Labute approximate surface area is 88.1 Å². The maximum absolute atomic E-state index is 10.9. The minimum absolute atomic E-state index is 0.287. The molecule has 0 spiro atoms. The number of methoxy groups -OCH3 is 1. The fraction of sp³-hybridized carbons (Fsp3) is 0.200. The summed E-state index contributed by atoms with van der Waals surface area (Å²) in [5, 5.41) is 3.70. The standard InChI is InChI=1S/C10H11NO2S/c1-7-5-8(11-10(12)6-14)3-4-9(7)13-2/h3-6H,1-2H3,(H,11,12). The van der Waals surface area contributed by atoms with Crippen molar-refractivity contribution in [1.82, 2.24) is 0 Å². The van der Waals surface area contributed by atoms with Gasteiger partial charge in [0, 0.05) is 5.69 Å². The third-order valence-corrected chi connectivity index (χ3v) is 1.98. The van der Waals surface area contributed by atoms with Gasteiger partial charge in [-0.25, -0.2) is 0 Å². The summed E-state index contributed by atoms with van der Waals surface area (Å²) in [7, 11) is 1.61. The van der Waals surface area contributed by atoms with Gasteiger partial charge in [-0.1, -0.05) is 12.2 Å². The first kappa shape index (κ1) is 10.7. The molecule has 0 radical (unpaired) electrons. The molecule has 0 aromatic heterocycles. The Morgan fingerprint density at radius 1 is 1.57 bits per heavy atom. The molecule has 0 heterocycles. The number of anilines is 1. The summed E-state index contributed by atoms with van der Waals surface area (Å²) in [6.07, 6.45) is 0. The molecule has 0 saturated carbocycles. The van der Waals surface area contributed by atoms with Gasteiger partial charge < -0.3 is 10.1 Å². The van der Waals surface area contributed by atoms with Gasteiger partial charge in [0.15, 0.2) is 0 Å². The molecular formula is C10H11NO2S. The predicted octanol–water partition coefficient (Wildman–Crippen LogP) is 1.94. The van der Waals surface area contributed by atoms with Crippen LogP contribution in [0.1, 0.15) is 5.56 Å². The summed E-state index contributed by atoms with van der Waals surface area (Å²) in [6.45, 7) is 1.91. The van der Waals surface area contributed by atoms with E-state index in [2.05, 4.69) is 17.5 Å². The molecule has 0 aliphatic heterocycles. The Kier molecular flexibility index (Phi) is 3.59. The average molecular weight is 209 g/mol.